The molecule has 23 heavy (non-hydrogen) atoms. The summed E-state index contributed by atoms with van der Waals surface area (Å²) >= 11 is 0. The van der Waals surface area contributed by atoms with E-state index in [2.05, 4.69) is 0 Å². The van der Waals surface area contributed by atoms with Crippen LogP contribution < -0.4 is 4.90 Å². The molecule has 5 nitrogen and oxygen atoms in total. The molecule has 1 amide bonds. The molecule has 2 aromatic rings. The Morgan fingerprint density at radius 3 is 2.52 bits per heavy atom. The molecule has 0 N–H and O–H groups in total. The first-order chi connectivity index (χ1) is 10.9. The van der Waals surface area contributed by atoms with Crippen LogP contribution in [0.3, 0.4) is 0 Å². The monoisotopic (exact) mass is 310 g/mol. The zero-order valence-electron chi connectivity index (χ0n) is 13.2. The van der Waals surface area contributed by atoms with Gasteiger partial charge in [-0.25, -0.2) is 0 Å². The first kappa shape index (κ1) is 15.2. The SMILES string of the molecule is CC1(C)Cc2cc([N+](=O)[O-])ccc2N(Cc2ccccc2)C1=O. The van der Waals surface area contributed by atoms with Gasteiger partial charge in [-0.3, -0.25) is 14.9 Å². The summed E-state index contributed by atoms with van der Waals surface area (Å²) < 4.78 is 0. The topological polar surface area (TPSA) is 63.5 Å². The molecule has 3 rings (SSSR count). The second-order valence-corrected chi connectivity index (χ2v) is 6.51. The van der Waals surface area contributed by atoms with E-state index in [9.17, 15) is 14.9 Å². The van der Waals surface area contributed by atoms with Crippen molar-refractivity contribution in [2.45, 2.75) is 26.8 Å². The zero-order valence-corrected chi connectivity index (χ0v) is 13.2. The van der Waals surface area contributed by atoms with Gasteiger partial charge in [0.2, 0.25) is 5.91 Å². The molecule has 0 saturated carbocycles. The third-order valence-corrected chi connectivity index (χ3v) is 4.20. The fourth-order valence-corrected chi connectivity index (χ4v) is 3.04. The highest BCUT2D eigenvalue weighted by atomic mass is 16.6. The van der Waals surface area contributed by atoms with Gasteiger partial charge in [-0.1, -0.05) is 44.2 Å². The van der Waals surface area contributed by atoms with E-state index in [4.69, 9.17) is 0 Å². The van der Waals surface area contributed by atoms with Crippen LogP contribution in [0.15, 0.2) is 48.5 Å². The molecule has 2 aromatic carbocycles. The van der Waals surface area contributed by atoms with Crippen molar-refractivity contribution in [1.82, 2.24) is 0 Å². The van der Waals surface area contributed by atoms with Crippen LogP contribution in [0.4, 0.5) is 11.4 Å². The molecule has 0 aliphatic carbocycles. The smallest absolute Gasteiger partial charge is 0.269 e. The van der Waals surface area contributed by atoms with Gasteiger partial charge in [-0.05, 0) is 23.6 Å². The highest BCUT2D eigenvalue weighted by Gasteiger charge is 2.39. The van der Waals surface area contributed by atoms with E-state index in [1.165, 1.54) is 6.07 Å². The van der Waals surface area contributed by atoms with Crippen LogP contribution in [0.5, 0.6) is 0 Å². The summed E-state index contributed by atoms with van der Waals surface area (Å²) in [5.74, 6) is 0.0442. The Morgan fingerprint density at radius 2 is 1.87 bits per heavy atom. The normalized spacial score (nSPS) is 16.1. The molecule has 5 heteroatoms. The van der Waals surface area contributed by atoms with Gasteiger partial charge in [0.15, 0.2) is 0 Å². The molecule has 1 heterocycles. The van der Waals surface area contributed by atoms with Crippen molar-refractivity contribution < 1.29 is 9.72 Å². The minimum Gasteiger partial charge on any atom is -0.307 e. The molecule has 118 valence electrons. The lowest BCUT2D eigenvalue weighted by molar-refractivity contribution is -0.384. The molecule has 0 fully saturated rings. The van der Waals surface area contributed by atoms with Gasteiger partial charge in [0.05, 0.1) is 11.5 Å². The van der Waals surface area contributed by atoms with Crippen molar-refractivity contribution in [3.63, 3.8) is 0 Å². The van der Waals surface area contributed by atoms with Crippen molar-refractivity contribution in [1.29, 1.82) is 0 Å². The third-order valence-electron chi connectivity index (χ3n) is 4.20. The first-order valence-corrected chi connectivity index (χ1v) is 7.52. The zero-order chi connectivity index (χ0) is 16.6. The average molecular weight is 310 g/mol. The Kier molecular flexibility index (Phi) is 3.64. The number of fused-ring (bicyclic) bond motifs is 1. The maximum atomic E-state index is 12.8. The van der Waals surface area contributed by atoms with Gasteiger partial charge in [-0.2, -0.15) is 0 Å². The molecule has 0 bridgehead atoms. The summed E-state index contributed by atoms with van der Waals surface area (Å²) in [5, 5.41) is 11.0. The summed E-state index contributed by atoms with van der Waals surface area (Å²) in [4.78, 5) is 25.2. The van der Waals surface area contributed by atoms with Crippen LogP contribution in [0.1, 0.15) is 25.0 Å². The number of non-ortho nitro benzene ring substituents is 1. The van der Waals surface area contributed by atoms with Gasteiger partial charge in [0.25, 0.3) is 5.69 Å². The molecule has 1 aliphatic rings. The number of hydrogen-bond donors (Lipinski definition) is 0. The second kappa shape index (κ2) is 5.50. The summed E-state index contributed by atoms with van der Waals surface area (Å²) in [7, 11) is 0. The number of carbonyl (C=O) groups is 1. The number of nitrogens with zero attached hydrogens (tertiary/aromatic N) is 2. The van der Waals surface area contributed by atoms with E-state index in [0.717, 1.165) is 16.8 Å². The maximum absolute atomic E-state index is 12.8. The predicted molar refractivity (Wildman–Crippen MR) is 88.2 cm³/mol. The summed E-state index contributed by atoms with van der Waals surface area (Å²) in [6.07, 6.45) is 0.508. The molecule has 0 radical (unpaired) electrons. The second-order valence-electron chi connectivity index (χ2n) is 6.51. The summed E-state index contributed by atoms with van der Waals surface area (Å²) in [6, 6.07) is 14.5. The van der Waals surface area contributed by atoms with Crippen molar-refractivity contribution in [2.24, 2.45) is 5.41 Å². The Balaban J connectivity index is 2.05. The van der Waals surface area contributed by atoms with Crippen LogP contribution in [0.2, 0.25) is 0 Å². The third kappa shape index (κ3) is 2.82. The molecule has 0 saturated heterocycles. The molecule has 0 aromatic heterocycles. The van der Waals surface area contributed by atoms with Gasteiger partial charge in [0.1, 0.15) is 0 Å². The standard InChI is InChI=1S/C18H18N2O3/c1-18(2)11-14-10-15(20(22)23)8-9-16(14)19(17(18)21)12-13-6-4-3-5-7-13/h3-10H,11-12H2,1-2H3. The molecule has 1 aliphatic heterocycles. The summed E-state index contributed by atoms with van der Waals surface area (Å²) in [6.45, 7) is 4.23. The van der Waals surface area contributed by atoms with Crippen molar-refractivity contribution in [3.05, 3.63) is 69.8 Å². The molecule has 0 unspecified atom stereocenters. The number of amides is 1. The Labute approximate surface area is 134 Å². The van der Waals surface area contributed by atoms with E-state index in [1.54, 1.807) is 17.0 Å². The summed E-state index contributed by atoms with van der Waals surface area (Å²) in [5.41, 5.74) is 2.14. The van der Waals surface area contributed by atoms with E-state index < -0.39 is 10.3 Å². The van der Waals surface area contributed by atoms with Crippen LogP contribution >= 0.6 is 0 Å². The van der Waals surface area contributed by atoms with Crippen LogP contribution in [-0.2, 0) is 17.8 Å². The number of rotatable bonds is 3. The Hall–Kier alpha value is -2.69. The lowest BCUT2D eigenvalue weighted by Gasteiger charge is -2.38. The van der Waals surface area contributed by atoms with Gasteiger partial charge < -0.3 is 4.90 Å². The van der Waals surface area contributed by atoms with Gasteiger partial charge in [-0.15, -0.1) is 0 Å². The number of nitro groups is 1. The fourth-order valence-electron chi connectivity index (χ4n) is 3.04. The highest BCUT2D eigenvalue weighted by Crippen LogP contribution is 2.39. The van der Waals surface area contributed by atoms with Crippen LogP contribution in [0, 0.1) is 15.5 Å². The minimum absolute atomic E-state index is 0.0442. The van der Waals surface area contributed by atoms with Crippen LogP contribution in [0.25, 0.3) is 0 Å². The van der Waals surface area contributed by atoms with Gasteiger partial charge in [0, 0.05) is 23.2 Å². The lowest BCUT2D eigenvalue weighted by atomic mass is 9.80. The number of benzene rings is 2. The average Bonchev–Trinajstić information content (AvgIpc) is 2.52. The molecular weight excluding hydrogens is 292 g/mol. The van der Waals surface area contributed by atoms with Crippen molar-refractivity contribution >= 4 is 17.3 Å². The largest absolute Gasteiger partial charge is 0.307 e. The highest BCUT2D eigenvalue weighted by molar-refractivity contribution is 6.00. The van der Waals surface area contributed by atoms with Crippen LogP contribution in [-0.4, -0.2) is 10.8 Å². The molecular formula is C18H18N2O3. The Morgan fingerprint density at radius 1 is 1.17 bits per heavy atom. The predicted octanol–water partition coefficient (Wildman–Crippen LogP) is 3.71. The number of carbonyl (C=O) groups excluding carboxylic acids is 1. The van der Waals surface area contributed by atoms with E-state index >= 15 is 0 Å². The number of anilines is 1. The molecule has 0 spiro atoms. The quantitative estimate of drug-likeness (QED) is 0.641. The minimum atomic E-state index is -0.572. The molecule has 0 atom stereocenters. The van der Waals surface area contributed by atoms with Gasteiger partial charge >= 0.3 is 0 Å². The number of nitro benzene ring substituents is 1. The lowest BCUT2D eigenvalue weighted by Crippen LogP contribution is -2.45. The number of hydrogen-bond acceptors (Lipinski definition) is 3. The maximum Gasteiger partial charge on any atom is 0.269 e. The van der Waals surface area contributed by atoms with E-state index in [-0.39, 0.29) is 11.6 Å². The van der Waals surface area contributed by atoms with Crippen molar-refractivity contribution in [3.8, 4) is 0 Å². The van der Waals surface area contributed by atoms with E-state index in [0.29, 0.717) is 13.0 Å². The fraction of sp³-hybridized carbons (Fsp3) is 0.278. The van der Waals surface area contributed by atoms with E-state index in [1.807, 2.05) is 44.2 Å². The van der Waals surface area contributed by atoms with Crippen molar-refractivity contribution in [2.75, 3.05) is 4.90 Å². The Bertz CT molecular complexity index is 769. The first-order valence-electron chi connectivity index (χ1n) is 7.52.